The third-order valence-corrected chi connectivity index (χ3v) is 3.82. The van der Waals surface area contributed by atoms with Gasteiger partial charge in [0.1, 0.15) is 5.75 Å². The summed E-state index contributed by atoms with van der Waals surface area (Å²) in [5.41, 5.74) is 1.76. The molecule has 25 heavy (non-hydrogen) atoms. The number of carbonyl (C=O) groups is 2. The number of halogens is 1. The minimum atomic E-state index is -0.327. The summed E-state index contributed by atoms with van der Waals surface area (Å²) in [4.78, 5) is 25.7. The van der Waals surface area contributed by atoms with Crippen LogP contribution in [0.2, 0.25) is 5.02 Å². The van der Waals surface area contributed by atoms with E-state index in [9.17, 15) is 9.59 Å². The lowest BCUT2D eigenvalue weighted by Crippen LogP contribution is -2.31. The van der Waals surface area contributed by atoms with E-state index in [0.717, 1.165) is 5.56 Å². The van der Waals surface area contributed by atoms with Crippen LogP contribution in [0.3, 0.4) is 0 Å². The molecule has 0 saturated heterocycles. The lowest BCUT2D eigenvalue weighted by atomic mass is 10.1. The maximum atomic E-state index is 12.4. The number of anilines is 1. The molecule has 3 amide bonds. The molecule has 132 valence electrons. The van der Waals surface area contributed by atoms with Crippen molar-refractivity contribution in [2.45, 2.75) is 6.54 Å². The average molecular weight is 362 g/mol. The van der Waals surface area contributed by atoms with E-state index in [1.54, 1.807) is 44.4 Å². The SMILES string of the molecule is CNC(=O)c1ccc(OC)c(NC(=O)N(C)Cc2cccc(Cl)c2)c1. The molecule has 0 aliphatic heterocycles. The van der Waals surface area contributed by atoms with E-state index >= 15 is 0 Å². The van der Waals surface area contributed by atoms with Crippen molar-refractivity contribution in [1.29, 1.82) is 0 Å². The molecule has 2 rings (SSSR count). The van der Waals surface area contributed by atoms with Crippen LogP contribution < -0.4 is 15.4 Å². The summed E-state index contributed by atoms with van der Waals surface area (Å²) >= 11 is 5.96. The third kappa shape index (κ3) is 4.87. The number of ether oxygens (including phenoxy) is 1. The van der Waals surface area contributed by atoms with Crippen molar-refractivity contribution < 1.29 is 14.3 Å². The molecular weight excluding hydrogens is 342 g/mol. The molecule has 0 unspecified atom stereocenters. The average Bonchev–Trinajstić information content (AvgIpc) is 2.60. The summed E-state index contributed by atoms with van der Waals surface area (Å²) in [6.45, 7) is 0.393. The van der Waals surface area contributed by atoms with Gasteiger partial charge in [0.15, 0.2) is 0 Å². The molecular formula is C18H20ClN3O3. The van der Waals surface area contributed by atoms with E-state index < -0.39 is 0 Å². The van der Waals surface area contributed by atoms with Crippen LogP contribution in [-0.4, -0.2) is 38.0 Å². The highest BCUT2D eigenvalue weighted by Crippen LogP contribution is 2.26. The van der Waals surface area contributed by atoms with E-state index in [-0.39, 0.29) is 11.9 Å². The van der Waals surface area contributed by atoms with Crippen LogP contribution in [0.4, 0.5) is 10.5 Å². The molecule has 7 heteroatoms. The van der Waals surface area contributed by atoms with Gasteiger partial charge in [-0.2, -0.15) is 0 Å². The molecule has 2 aromatic rings. The van der Waals surface area contributed by atoms with Crippen LogP contribution in [0.25, 0.3) is 0 Å². The number of hydrogen-bond acceptors (Lipinski definition) is 3. The first-order valence-electron chi connectivity index (χ1n) is 7.61. The van der Waals surface area contributed by atoms with Crippen molar-refractivity contribution in [3.8, 4) is 5.75 Å². The summed E-state index contributed by atoms with van der Waals surface area (Å²) in [6.07, 6.45) is 0. The number of amides is 3. The fourth-order valence-corrected chi connectivity index (χ4v) is 2.50. The van der Waals surface area contributed by atoms with Gasteiger partial charge in [-0.15, -0.1) is 0 Å². The second-order valence-corrected chi connectivity index (χ2v) is 5.85. The Labute approximate surface area is 151 Å². The number of nitrogens with zero attached hydrogens (tertiary/aromatic N) is 1. The number of hydrogen-bond donors (Lipinski definition) is 2. The van der Waals surface area contributed by atoms with E-state index in [2.05, 4.69) is 10.6 Å². The monoisotopic (exact) mass is 361 g/mol. The largest absolute Gasteiger partial charge is 0.495 e. The van der Waals surface area contributed by atoms with E-state index in [0.29, 0.717) is 28.6 Å². The first-order chi connectivity index (χ1) is 11.9. The normalized spacial score (nSPS) is 10.1. The smallest absolute Gasteiger partial charge is 0.321 e. The van der Waals surface area contributed by atoms with E-state index in [1.165, 1.54) is 12.0 Å². The highest BCUT2D eigenvalue weighted by Gasteiger charge is 2.14. The highest BCUT2D eigenvalue weighted by molar-refractivity contribution is 6.30. The molecule has 6 nitrogen and oxygen atoms in total. The van der Waals surface area contributed by atoms with Gasteiger partial charge in [0.2, 0.25) is 0 Å². The second kappa shape index (κ2) is 8.39. The Balaban J connectivity index is 2.14. The van der Waals surface area contributed by atoms with Crippen molar-refractivity contribution in [1.82, 2.24) is 10.2 Å². The summed E-state index contributed by atoms with van der Waals surface area (Å²) in [6, 6.07) is 11.8. The molecule has 0 heterocycles. The maximum Gasteiger partial charge on any atom is 0.321 e. The van der Waals surface area contributed by atoms with Gasteiger partial charge in [-0.05, 0) is 35.9 Å². The zero-order valence-electron chi connectivity index (χ0n) is 14.3. The molecule has 2 aromatic carbocycles. The van der Waals surface area contributed by atoms with Gasteiger partial charge in [0.25, 0.3) is 5.91 Å². The van der Waals surface area contributed by atoms with Crippen LogP contribution in [0.1, 0.15) is 15.9 Å². The summed E-state index contributed by atoms with van der Waals surface area (Å²) < 4.78 is 5.25. The summed E-state index contributed by atoms with van der Waals surface area (Å²) in [5.74, 6) is 0.225. The summed E-state index contributed by atoms with van der Waals surface area (Å²) in [5, 5.41) is 5.93. The molecule has 0 aliphatic carbocycles. The summed E-state index contributed by atoms with van der Waals surface area (Å²) in [7, 11) is 4.72. The van der Waals surface area contributed by atoms with Gasteiger partial charge in [-0.1, -0.05) is 23.7 Å². The Morgan fingerprint density at radius 3 is 2.60 bits per heavy atom. The maximum absolute atomic E-state index is 12.4. The van der Waals surface area contributed by atoms with Gasteiger partial charge in [-0.25, -0.2) is 4.79 Å². The lowest BCUT2D eigenvalue weighted by molar-refractivity contribution is 0.0963. The molecule has 0 atom stereocenters. The quantitative estimate of drug-likeness (QED) is 0.857. The molecule has 0 saturated carbocycles. The number of methoxy groups -OCH3 is 1. The zero-order chi connectivity index (χ0) is 18.4. The third-order valence-electron chi connectivity index (χ3n) is 3.59. The van der Waals surface area contributed by atoms with Gasteiger partial charge in [-0.3, -0.25) is 4.79 Å². The molecule has 0 fully saturated rings. The Bertz CT molecular complexity index is 780. The highest BCUT2D eigenvalue weighted by atomic mass is 35.5. The van der Waals surface area contributed by atoms with Crippen LogP contribution >= 0.6 is 11.6 Å². The Hall–Kier alpha value is -2.73. The standard InChI is InChI=1S/C18H20ClN3O3/c1-20-17(23)13-7-8-16(25-3)15(10-13)21-18(24)22(2)11-12-5-4-6-14(19)9-12/h4-10H,11H2,1-3H3,(H,20,23)(H,21,24). The van der Waals surface area contributed by atoms with Crippen LogP contribution in [0.15, 0.2) is 42.5 Å². The van der Waals surface area contributed by atoms with Gasteiger partial charge in [0, 0.05) is 31.2 Å². The molecule has 0 spiro atoms. The first-order valence-corrected chi connectivity index (χ1v) is 7.99. The predicted octanol–water partition coefficient (Wildman–Crippen LogP) is 3.37. The topological polar surface area (TPSA) is 70.7 Å². The van der Waals surface area contributed by atoms with Gasteiger partial charge >= 0.3 is 6.03 Å². The van der Waals surface area contributed by atoms with Crippen molar-refractivity contribution in [2.24, 2.45) is 0 Å². The van der Waals surface area contributed by atoms with Crippen molar-refractivity contribution >= 4 is 29.2 Å². The minimum absolute atomic E-state index is 0.245. The Morgan fingerprint density at radius 2 is 1.96 bits per heavy atom. The lowest BCUT2D eigenvalue weighted by Gasteiger charge is -2.19. The number of benzene rings is 2. The Morgan fingerprint density at radius 1 is 1.20 bits per heavy atom. The molecule has 0 aromatic heterocycles. The number of urea groups is 1. The van der Waals surface area contributed by atoms with Gasteiger partial charge < -0.3 is 20.3 Å². The van der Waals surface area contributed by atoms with Crippen molar-refractivity contribution in [3.63, 3.8) is 0 Å². The van der Waals surface area contributed by atoms with Crippen molar-refractivity contribution in [3.05, 3.63) is 58.6 Å². The zero-order valence-corrected chi connectivity index (χ0v) is 15.1. The van der Waals surface area contributed by atoms with Gasteiger partial charge in [0.05, 0.1) is 12.8 Å². The van der Waals surface area contributed by atoms with E-state index in [4.69, 9.17) is 16.3 Å². The van der Waals surface area contributed by atoms with Crippen LogP contribution in [0, 0.1) is 0 Å². The second-order valence-electron chi connectivity index (χ2n) is 5.41. The number of carbonyl (C=O) groups excluding carboxylic acids is 2. The molecule has 0 bridgehead atoms. The fourth-order valence-electron chi connectivity index (χ4n) is 2.28. The fraction of sp³-hybridized carbons (Fsp3) is 0.222. The number of rotatable bonds is 5. The predicted molar refractivity (Wildman–Crippen MR) is 98.3 cm³/mol. The first kappa shape index (κ1) is 18.6. The molecule has 0 aliphatic rings. The van der Waals surface area contributed by atoms with Crippen molar-refractivity contribution in [2.75, 3.05) is 26.5 Å². The molecule has 0 radical (unpaired) electrons. The Kier molecular flexibility index (Phi) is 6.25. The minimum Gasteiger partial charge on any atom is -0.495 e. The van der Waals surface area contributed by atoms with Crippen LogP contribution in [-0.2, 0) is 6.54 Å². The number of nitrogens with one attached hydrogen (secondary N) is 2. The van der Waals surface area contributed by atoms with Crippen LogP contribution in [0.5, 0.6) is 5.75 Å². The molecule has 2 N–H and O–H groups in total. The van der Waals surface area contributed by atoms with E-state index in [1.807, 2.05) is 12.1 Å².